The van der Waals surface area contributed by atoms with Crippen LogP contribution in [-0.2, 0) is 32.6 Å². The predicted molar refractivity (Wildman–Crippen MR) is 178 cm³/mol. The van der Waals surface area contributed by atoms with Crippen LogP contribution < -0.4 is 19.1 Å². The molecule has 242 valence electrons. The van der Waals surface area contributed by atoms with Gasteiger partial charge in [-0.15, -0.1) is 0 Å². The number of hydrogen-bond donors (Lipinski definition) is 1. The summed E-state index contributed by atoms with van der Waals surface area (Å²) in [4.78, 5) is 30.0. The molecule has 1 atom stereocenters. The van der Waals surface area contributed by atoms with Gasteiger partial charge in [-0.1, -0.05) is 78.9 Å². The van der Waals surface area contributed by atoms with E-state index in [1.165, 1.54) is 25.2 Å². The molecule has 3 aromatic rings. The minimum absolute atomic E-state index is 0.0149. The largest absolute Gasteiger partial charge is 0.497 e. The average molecular weight is 677 g/mol. The van der Waals surface area contributed by atoms with Crippen LogP contribution >= 0.6 is 23.2 Å². The normalized spacial score (nSPS) is 14.3. The quantitative estimate of drug-likeness (QED) is 0.243. The number of amides is 2. The van der Waals surface area contributed by atoms with Gasteiger partial charge in [0.25, 0.3) is 0 Å². The van der Waals surface area contributed by atoms with Gasteiger partial charge in [-0.25, -0.2) is 8.42 Å². The molecule has 1 fully saturated rings. The van der Waals surface area contributed by atoms with E-state index in [1.54, 1.807) is 30.3 Å². The summed E-state index contributed by atoms with van der Waals surface area (Å²) in [6.45, 7) is -0.744. The molecule has 0 heterocycles. The van der Waals surface area contributed by atoms with Crippen molar-refractivity contribution in [1.82, 2.24) is 10.2 Å². The molecule has 9 nitrogen and oxygen atoms in total. The van der Waals surface area contributed by atoms with E-state index >= 15 is 0 Å². The van der Waals surface area contributed by atoms with Gasteiger partial charge in [0.2, 0.25) is 21.8 Å². The predicted octanol–water partition coefficient (Wildman–Crippen LogP) is 5.87. The molecular weight excluding hydrogens is 637 g/mol. The maximum atomic E-state index is 14.5. The number of halogens is 2. The Morgan fingerprint density at radius 3 is 2.20 bits per heavy atom. The van der Waals surface area contributed by atoms with Crippen molar-refractivity contribution in [1.29, 1.82) is 0 Å². The monoisotopic (exact) mass is 675 g/mol. The average Bonchev–Trinajstić information content (AvgIpc) is 3.02. The minimum atomic E-state index is -4.02. The molecule has 0 saturated heterocycles. The fourth-order valence-electron chi connectivity index (χ4n) is 5.54. The molecule has 4 rings (SSSR count). The van der Waals surface area contributed by atoms with Crippen molar-refractivity contribution in [3.8, 4) is 11.5 Å². The van der Waals surface area contributed by atoms with Crippen LogP contribution in [0, 0.1) is 0 Å². The number of rotatable bonds is 13. The van der Waals surface area contributed by atoms with Crippen LogP contribution in [0.25, 0.3) is 0 Å². The van der Waals surface area contributed by atoms with Crippen molar-refractivity contribution in [2.75, 3.05) is 31.3 Å². The van der Waals surface area contributed by atoms with Crippen molar-refractivity contribution in [3.63, 3.8) is 0 Å². The van der Waals surface area contributed by atoms with Crippen molar-refractivity contribution in [2.24, 2.45) is 0 Å². The van der Waals surface area contributed by atoms with E-state index < -0.39 is 28.5 Å². The first-order valence-corrected chi connectivity index (χ1v) is 17.4. The zero-order chi connectivity index (χ0) is 32.6. The van der Waals surface area contributed by atoms with Crippen LogP contribution in [0.2, 0.25) is 10.0 Å². The number of sulfonamides is 1. The minimum Gasteiger partial charge on any atom is -0.497 e. The fraction of sp³-hybridized carbons (Fsp3) is 0.394. The highest BCUT2D eigenvalue weighted by Gasteiger charge is 2.35. The third-order valence-corrected chi connectivity index (χ3v) is 9.78. The van der Waals surface area contributed by atoms with Crippen LogP contribution in [0.1, 0.15) is 43.2 Å². The van der Waals surface area contributed by atoms with Crippen LogP contribution in [0.3, 0.4) is 0 Å². The summed E-state index contributed by atoms with van der Waals surface area (Å²) in [5, 5.41) is 3.81. The Labute approximate surface area is 275 Å². The van der Waals surface area contributed by atoms with Crippen molar-refractivity contribution < 1.29 is 27.5 Å². The summed E-state index contributed by atoms with van der Waals surface area (Å²) in [6.07, 6.45) is 6.04. The van der Waals surface area contributed by atoms with Crippen LogP contribution in [-0.4, -0.2) is 64.2 Å². The van der Waals surface area contributed by atoms with Gasteiger partial charge < -0.3 is 19.7 Å². The Morgan fingerprint density at radius 1 is 0.933 bits per heavy atom. The summed E-state index contributed by atoms with van der Waals surface area (Å²) in [7, 11) is -1.16. The molecular formula is C33H39Cl2N3O6S. The maximum Gasteiger partial charge on any atom is 0.244 e. The lowest BCUT2D eigenvalue weighted by Crippen LogP contribution is -2.55. The molecule has 1 aliphatic rings. The number of hydrogen-bond acceptors (Lipinski definition) is 6. The lowest BCUT2D eigenvalue weighted by Gasteiger charge is -2.35. The smallest absolute Gasteiger partial charge is 0.244 e. The van der Waals surface area contributed by atoms with Gasteiger partial charge in [0.15, 0.2) is 0 Å². The van der Waals surface area contributed by atoms with Gasteiger partial charge in [0.1, 0.15) is 24.1 Å². The second-order valence-corrected chi connectivity index (χ2v) is 13.8. The molecule has 0 radical (unpaired) electrons. The Morgan fingerprint density at radius 2 is 1.60 bits per heavy atom. The van der Waals surface area contributed by atoms with Gasteiger partial charge in [-0.05, 0) is 42.7 Å². The van der Waals surface area contributed by atoms with Gasteiger partial charge in [0, 0.05) is 40.7 Å². The number of carbonyl (C=O) groups excluding carboxylic acids is 2. The summed E-state index contributed by atoms with van der Waals surface area (Å²) in [6, 6.07) is 18.0. The zero-order valence-electron chi connectivity index (χ0n) is 25.7. The highest BCUT2D eigenvalue weighted by atomic mass is 35.5. The third kappa shape index (κ3) is 9.05. The molecule has 1 aliphatic carbocycles. The first-order valence-electron chi connectivity index (χ1n) is 14.8. The lowest BCUT2D eigenvalue weighted by atomic mass is 9.94. The van der Waals surface area contributed by atoms with E-state index in [0.29, 0.717) is 21.4 Å². The molecule has 45 heavy (non-hydrogen) atoms. The number of nitrogens with one attached hydrogen (secondary N) is 1. The highest BCUT2D eigenvalue weighted by molar-refractivity contribution is 7.92. The van der Waals surface area contributed by atoms with E-state index in [9.17, 15) is 18.0 Å². The number of ether oxygens (including phenoxy) is 2. The highest BCUT2D eigenvalue weighted by Crippen LogP contribution is 2.34. The standard InChI is InChI=1S/C33H39Cl2N3O6S/c1-43-25-17-18-31(44-2)29(20-25)38(45(3,41)42)22-32(39)37(21-26-27(34)15-10-16-28(26)35)30(19-23-11-6-4-7-12-23)33(40)36-24-13-8-5-9-14-24/h4,6-7,10-12,15-18,20,24,30H,5,8-9,13-14,19,21-22H2,1-3H3,(H,36,40)/t30-/m0/s1. The van der Waals surface area contributed by atoms with E-state index in [2.05, 4.69) is 5.32 Å². The SMILES string of the molecule is COc1ccc(OC)c(N(CC(=O)N(Cc2c(Cl)cccc2Cl)[C@@H](Cc2ccccc2)C(=O)NC2CCCCC2)S(C)(=O)=O)c1. The number of nitrogens with zero attached hydrogens (tertiary/aromatic N) is 2. The molecule has 1 N–H and O–H groups in total. The van der Waals surface area contributed by atoms with E-state index in [-0.39, 0.29) is 36.4 Å². The Balaban J connectivity index is 1.80. The first kappa shape index (κ1) is 34.4. The Hall–Kier alpha value is -3.47. The summed E-state index contributed by atoms with van der Waals surface area (Å²) in [5.41, 5.74) is 1.40. The second-order valence-electron chi connectivity index (χ2n) is 11.1. The first-order chi connectivity index (χ1) is 21.5. The molecule has 2 amide bonds. The molecule has 12 heteroatoms. The van der Waals surface area contributed by atoms with Crippen molar-refractivity contribution in [2.45, 2.75) is 57.2 Å². The summed E-state index contributed by atoms with van der Waals surface area (Å²) < 4.78 is 38.2. The summed E-state index contributed by atoms with van der Waals surface area (Å²) >= 11 is 13.1. The van der Waals surface area contributed by atoms with Gasteiger partial charge in [0.05, 0.1) is 26.2 Å². The van der Waals surface area contributed by atoms with E-state index in [0.717, 1.165) is 48.2 Å². The molecule has 0 aromatic heterocycles. The Bertz CT molecular complexity index is 1560. The van der Waals surface area contributed by atoms with Gasteiger partial charge >= 0.3 is 0 Å². The van der Waals surface area contributed by atoms with Gasteiger partial charge in [-0.3, -0.25) is 13.9 Å². The zero-order valence-corrected chi connectivity index (χ0v) is 28.0. The number of methoxy groups -OCH3 is 2. The van der Waals surface area contributed by atoms with Crippen molar-refractivity contribution in [3.05, 3.63) is 87.9 Å². The fourth-order valence-corrected chi connectivity index (χ4v) is 6.90. The number of anilines is 1. The number of carbonyl (C=O) groups is 2. The van der Waals surface area contributed by atoms with E-state index in [1.807, 2.05) is 30.3 Å². The molecule has 0 unspecified atom stereocenters. The molecule has 0 aliphatic heterocycles. The third-order valence-electron chi connectivity index (χ3n) is 7.95. The van der Waals surface area contributed by atoms with Gasteiger partial charge in [-0.2, -0.15) is 0 Å². The summed E-state index contributed by atoms with van der Waals surface area (Å²) in [5.74, 6) is -0.348. The molecule has 3 aromatic carbocycles. The second kappa shape index (κ2) is 15.7. The van der Waals surface area contributed by atoms with Crippen LogP contribution in [0.15, 0.2) is 66.7 Å². The van der Waals surface area contributed by atoms with Crippen LogP contribution in [0.5, 0.6) is 11.5 Å². The lowest BCUT2D eigenvalue weighted by molar-refractivity contribution is -0.140. The Kier molecular flexibility index (Phi) is 12.0. The van der Waals surface area contributed by atoms with E-state index in [4.69, 9.17) is 32.7 Å². The molecule has 0 spiro atoms. The number of benzene rings is 3. The topological polar surface area (TPSA) is 105 Å². The molecule has 0 bridgehead atoms. The van der Waals surface area contributed by atoms with Crippen LogP contribution in [0.4, 0.5) is 5.69 Å². The maximum absolute atomic E-state index is 14.5. The van der Waals surface area contributed by atoms with Crippen molar-refractivity contribution >= 4 is 50.7 Å². The molecule has 1 saturated carbocycles.